The molecule has 16 heteroatoms. The smallest absolute Gasteiger partial charge is 0.410 e. The molecular weight excluding hydrogens is 647 g/mol. The lowest BCUT2D eigenvalue weighted by atomic mass is 10.0. The normalized spacial score (nSPS) is 17.2. The highest BCUT2D eigenvalue weighted by Crippen LogP contribution is 2.32. The van der Waals surface area contributed by atoms with Crippen LogP contribution < -0.4 is 10.0 Å². The molecule has 4 aromatic rings. The molecule has 1 amide bonds. The second-order valence-electron chi connectivity index (χ2n) is 12.1. The highest BCUT2D eigenvalue weighted by atomic mass is 32.2. The number of aromatic nitrogens is 3. The minimum atomic E-state index is -4.08. The van der Waals surface area contributed by atoms with E-state index in [4.69, 9.17) is 4.74 Å². The quantitative estimate of drug-likeness (QED) is 0.200. The largest absolute Gasteiger partial charge is 0.444 e. The molecule has 0 unspecified atom stereocenters. The number of carbonyl (C=O) groups excluding carboxylic acids is 1. The summed E-state index contributed by atoms with van der Waals surface area (Å²) in [6.45, 7) is 4.98. The Morgan fingerprint density at radius 3 is 2.45 bits per heavy atom. The molecule has 2 aromatic heterocycles. The van der Waals surface area contributed by atoms with Crippen molar-refractivity contribution in [3.8, 4) is 11.3 Å². The molecule has 2 aromatic carbocycles. The number of hydrogen-bond acceptors (Lipinski definition) is 8. The predicted molar refractivity (Wildman–Crippen MR) is 165 cm³/mol. The Bertz CT molecular complexity index is 1890. The SMILES string of the molecule is CC(C)(C)OC(=O)N1C[C@@H](F)C[C@H](Nc2ncc3nc(-c4ccc(NS(=O)(=O)Cc5ccc(F)cc5)c(F)c4)cc(C(F)F)c3n2)C1. The molecule has 10 nitrogen and oxygen atoms in total. The van der Waals surface area contributed by atoms with Crippen LogP contribution in [0.15, 0.2) is 54.7 Å². The molecule has 0 radical (unpaired) electrons. The van der Waals surface area contributed by atoms with Gasteiger partial charge in [-0.2, -0.15) is 0 Å². The summed E-state index contributed by atoms with van der Waals surface area (Å²) in [4.78, 5) is 26.4. The minimum absolute atomic E-state index is 0.0174. The van der Waals surface area contributed by atoms with Crippen molar-refractivity contribution < 1.29 is 39.9 Å². The van der Waals surface area contributed by atoms with Gasteiger partial charge in [0, 0.05) is 30.1 Å². The van der Waals surface area contributed by atoms with Crippen LogP contribution in [0.2, 0.25) is 0 Å². The van der Waals surface area contributed by atoms with Crippen molar-refractivity contribution in [2.45, 2.75) is 57.2 Å². The van der Waals surface area contributed by atoms with Gasteiger partial charge in [-0.1, -0.05) is 18.2 Å². The van der Waals surface area contributed by atoms with Crippen molar-refractivity contribution in [3.63, 3.8) is 0 Å². The third-order valence-electron chi connectivity index (χ3n) is 7.00. The number of pyridine rings is 1. The summed E-state index contributed by atoms with van der Waals surface area (Å²) in [5.41, 5.74) is -1.59. The first kappa shape index (κ1) is 33.8. The summed E-state index contributed by atoms with van der Waals surface area (Å²) in [7, 11) is -4.08. The number of sulfonamides is 1. The van der Waals surface area contributed by atoms with Gasteiger partial charge in [0.1, 0.15) is 34.4 Å². The number of ether oxygens (including phenoxy) is 1. The number of amides is 1. The first-order valence-corrected chi connectivity index (χ1v) is 16.1. The summed E-state index contributed by atoms with van der Waals surface area (Å²) in [5.74, 6) is -2.14. The van der Waals surface area contributed by atoms with Gasteiger partial charge in [0.25, 0.3) is 6.43 Å². The van der Waals surface area contributed by atoms with Crippen LogP contribution in [0.5, 0.6) is 0 Å². The number of nitrogens with zero attached hydrogens (tertiary/aromatic N) is 4. The van der Waals surface area contributed by atoms with Crippen LogP contribution in [0, 0.1) is 11.6 Å². The van der Waals surface area contributed by atoms with Crippen LogP contribution >= 0.6 is 0 Å². The summed E-state index contributed by atoms with van der Waals surface area (Å²) >= 11 is 0. The predicted octanol–water partition coefficient (Wildman–Crippen LogP) is 6.61. The third-order valence-corrected chi connectivity index (χ3v) is 8.24. The molecule has 2 atom stereocenters. The average molecular weight is 679 g/mol. The van der Waals surface area contributed by atoms with Gasteiger partial charge in [0.2, 0.25) is 16.0 Å². The van der Waals surface area contributed by atoms with Crippen molar-refractivity contribution in [3.05, 3.63) is 77.5 Å². The lowest BCUT2D eigenvalue weighted by Gasteiger charge is -2.36. The molecule has 3 heterocycles. The van der Waals surface area contributed by atoms with Crippen LogP contribution in [0.1, 0.15) is 44.7 Å². The van der Waals surface area contributed by atoms with E-state index in [1.165, 1.54) is 29.3 Å². The number of rotatable bonds is 8. The van der Waals surface area contributed by atoms with Gasteiger partial charge in [-0.25, -0.2) is 50.1 Å². The Kier molecular flexibility index (Phi) is 9.52. The van der Waals surface area contributed by atoms with Gasteiger partial charge < -0.3 is 15.0 Å². The molecular formula is C31H31F5N6O4S. The van der Waals surface area contributed by atoms with E-state index < -0.39 is 63.3 Å². The highest BCUT2D eigenvalue weighted by Gasteiger charge is 2.33. The van der Waals surface area contributed by atoms with Crippen molar-refractivity contribution in [2.24, 2.45) is 0 Å². The minimum Gasteiger partial charge on any atom is -0.444 e. The van der Waals surface area contributed by atoms with Crippen LogP contribution in [0.3, 0.4) is 0 Å². The number of nitrogens with one attached hydrogen (secondary N) is 2. The molecule has 1 aliphatic heterocycles. The standard InChI is InChI=1S/C31H31F5N6O4S/c1-31(2,3)46-30(43)42-14-20(33)11-21(15-42)38-29-37-13-26-27(40-29)22(28(35)36)12-25(39-26)18-6-9-24(23(34)10-18)41-47(44,45)16-17-4-7-19(32)8-5-17/h4-10,12-13,20-21,28,41H,11,14-16H2,1-3H3,(H,37,38,40)/t20-,21-/m0/s1. The van der Waals surface area contributed by atoms with Gasteiger partial charge in [0.05, 0.1) is 29.9 Å². The van der Waals surface area contributed by atoms with E-state index >= 15 is 4.39 Å². The summed E-state index contributed by atoms with van der Waals surface area (Å²) in [6, 6.07) is 8.58. The molecule has 2 N–H and O–H groups in total. The second kappa shape index (κ2) is 13.3. The Morgan fingerprint density at radius 2 is 1.79 bits per heavy atom. The lowest BCUT2D eigenvalue weighted by molar-refractivity contribution is 0.0124. The Labute approximate surface area is 267 Å². The number of hydrogen-bond donors (Lipinski definition) is 2. The molecule has 0 spiro atoms. The number of piperidine rings is 1. The van der Waals surface area contributed by atoms with Gasteiger partial charge >= 0.3 is 6.09 Å². The zero-order valence-corrected chi connectivity index (χ0v) is 26.3. The van der Waals surface area contributed by atoms with E-state index in [9.17, 15) is 30.8 Å². The van der Waals surface area contributed by atoms with Gasteiger partial charge in [-0.05, 0) is 56.7 Å². The molecule has 250 valence electrons. The number of benzene rings is 2. The second-order valence-corrected chi connectivity index (χ2v) is 13.8. The van der Waals surface area contributed by atoms with E-state index in [0.29, 0.717) is 0 Å². The topological polar surface area (TPSA) is 126 Å². The van der Waals surface area contributed by atoms with Crippen LogP contribution in [-0.2, 0) is 20.5 Å². The fourth-order valence-electron chi connectivity index (χ4n) is 4.99. The van der Waals surface area contributed by atoms with E-state index in [0.717, 1.165) is 30.3 Å². The van der Waals surface area contributed by atoms with Gasteiger partial charge in [-0.3, -0.25) is 4.72 Å². The summed E-state index contributed by atoms with van der Waals surface area (Å²) in [5, 5.41) is 2.91. The maximum absolute atomic E-state index is 15.0. The fourth-order valence-corrected chi connectivity index (χ4v) is 6.20. The molecule has 1 fully saturated rings. The first-order valence-electron chi connectivity index (χ1n) is 14.4. The van der Waals surface area contributed by atoms with Gasteiger partial charge in [0.15, 0.2) is 0 Å². The number of fused-ring (bicyclic) bond motifs is 1. The summed E-state index contributed by atoms with van der Waals surface area (Å²) in [6.07, 6.45) is -3.86. The highest BCUT2D eigenvalue weighted by molar-refractivity contribution is 7.91. The number of halogens is 5. The van der Waals surface area contributed by atoms with E-state index in [2.05, 4.69) is 25.0 Å². The number of alkyl halides is 3. The van der Waals surface area contributed by atoms with E-state index in [-0.39, 0.29) is 59.0 Å². The first-order chi connectivity index (χ1) is 22.0. The van der Waals surface area contributed by atoms with E-state index in [1.54, 1.807) is 20.8 Å². The van der Waals surface area contributed by atoms with Crippen molar-refractivity contribution in [1.82, 2.24) is 19.9 Å². The monoisotopic (exact) mass is 678 g/mol. The van der Waals surface area contributed by atoms with Crippen LogP contribution in [-0.4, -0.2) is 65.3 Å². The van der Waals surface area contributed by atoms with Gasteiger partial charge in [-0.15, -0.1) is 0 Å². The Hall–Kier alpha value is -4.60. The van der Waals surface area contributed by atoms with Crippen molar-refractivity contribution in [1.29, 1.82) is 0 Å². The van der Waals surface area contributed by atoms with Crippen molar-refractivity contribution >= 4 is 38.8 Å². The summed E-state index contributed by atoms with van der Waals surface area (Å²) < 4.78 is 104. The molecule has 5 rings (SSSR count). The number of anilines is 2. The fraction of sp³-hybridized carbons (Fsp3) is 0.355. The maximum Gasteiger partial charge on any atom is 0.410 e. The molecule has 47 heavy (non-hydrogen) atoms. The zero-order chi connectivity index (χ0) is 34.1. The van der Waals surface area contributed by atoms with Crippen LogP contribution in [0.25, 0.3) is 22.3 Å². The molecule has 0 bridgehead atoms. The maximum atomic E-state index is 15.0. The Morgan fingerprint density at radius 1 is 1.06 bits per heavy atom. The molecule has 0 aliphatic carbocycles. The number of carbonyl (C=O) groups is 1. The van der Waals surface area contributed by atoms with E-state index in [1.807, 2.05) is 0 Å². The zero-order valence-electron chi connectivity index (χ0n) is 25.5. The Balaban J connectivity index is 1.35. The average Bonchev–Trinajstić information content (AvgIpc) is 2.97. The number of likely N-dealkylation sites (tertiary alicyclic amines) is 1. The lowest BCUT2D eigenvalue weighted by Crippen LogP contribution is -2.51. The van der Waals surface area contributed by atoms with Crippen molar-refractivity contribution in [2.75, 3.05) is 23.1 Å². The molecule has 0 saturated carbocycles. The third kappa shape index (κ3) is 8.61. The molecule has 1 aliphatic rings. The molecule has 1 saturated heterocycles. The van der Waals surface area contributed by atoms with Crippen LogP contribution in [0.4, 0.5) is 38.4 Å².